The van der Waals surface area contributed by atoms with E-state index in [1.54, 1.807) is 0 Å². The molecule has 0 fully saturated rings. The van der Waals surface area contributed by atoms with Crippen molar-refractivity contribution in [2.75, 3.05) is 6.54 Å². The molecule has 2 rings (SSSR count). The topological polar surface area (TPSA) is 58.6 Å². The van der Waals surface area contributed by atoms with Crippen LogP contribution in [-0.2, 0) is 11.4 Å². The molecule has 1 unspecified atom stereocenters. The molecule has 0 aliphatic carbocycles. The maximum absolute atomic E-state index is 10.8. The molecule has 0 amide bonds. The van der Waals surface area contributed by atoms with Gasteiger partial charge in [-0.25, -0.2) is 0 Å². The zero-order valence-corrected chi connectivity index (χ0v) is 16.2. The van der Waals surface area contributed by atoms with Crippen LogP contribution in [0.15, 0.2) is 48.5 Å². The van der Waals surface area contributed by atoms with E-state index in [-0.39, 0.29) is 18.0 Å². The van der Waals surface area contributed by atoms with Gasteiger partial charge in [0.1, 0.15) is 12.4 Å². The Hall–Kier alpha value is -2.04. The predicted octanol–water partition coefficient (Wildman–Crippen LogP) is 4.87. The fraction of sp³-hybridized carbons (Fsp3) is 0.381. The number of rotatable bonds is 9. The third-order valence-corrected chi connectivity index (χ3v) is 4.61. The summed E-state index contributed by atoms with van der Waals surface area (Å²) in [6.07, 6.45) is 0.768. The van der Waals surface area contributed by atoms with Gasteiger partial charge in [0.15, 0.2) is 0 Å². The molecule has 4 nitrogen and oxygen atoms in total. The van der Waals surface area contributed by atoms with Gasteiger partial charge in [-0.3, -0.25) is 4.79 Å². The van der Waals surface area contributed by atoms with Crippen LogP contribution in [0.25, 0.3) is 0 Å². The number of aliphatic carboxylic acids is 1. The lowest BCUT2D eigenvalue weighted by molar-refractivity contribution is -0.136. The predicted molar refractivity (Wildman–Crippen MR) is 105 cm³/mol. The number of carboxylic acids is 1. The van der Waals surface area contributed by atoms with Gasteiger partial charge in [0, 0.05) is 10.6 Å². The van der Waals surface area contributed by atoms with Crippen LogP contribution in [0, 0.1) is 0 Å². The Labute approximate surface area is 160 Å². The van der Waals surface area contributed by atoms with Crippen molar-refractivity contribution in [3.63, 3.8) is 0 Å². The zero-order chi connectivity index (χ0) is 19.2. The summed E-state index contributed by atoms with van der Waals surface area (Å²) in [4.78, 5) is 10.8. The summed E-state index contributed by atoms with van der Waals surface area (Å²) < 4.78 is 5.81. The van der Waals surface area contributed by atoms with E-state index in [9.17, 15) is 4.79 Å². The molecule has 2 aromatic carbocycles. The van der Waals surface area contributed by atoms with Crippen molar-refractivity contribution in [3.8, 4) is 5.75 Å². The average Bonchev–Trinajstić information content (AvgIpc) is 2.59. The second-order valence-electron chi connectivity index (χ2n) is 7.19. The molecule has 0 heterocycles. The largest absolute Gasteiger partial charge is 0.489 e. The average molecular weight is 376 g/mol. The van der Waals surface area contributed by atoms with Crippen molar-refractivity contribution >= 4 is 17.6 Å². The Balaban J connectivity index is 1.98. The van der Waals surface area contributed by atoms with Gasteiger partial charge in [-0.15, -0.1) is 0 Å². The molecule has 140 valence electrons. The number of nitrogens with one attached hydrogen (secondary N) is 1. The van der Waals surface area contributed by atoms with Crippen LogP contribution in [0.5, 0.6) is 5.75 Å². The Morgan fingerprint density at radius 3 is 2.54 bits per heavy atom. The molecule has 0 aliphatic heterocycles. The van der Waals surface area contributed by atoms with Gasteiger partial charge < -0.3 is 15.2 Å². The van der Waals surface area contributed by atoms with Crippen LogP contribution in [0.3, 0.4) is 0 Å². The van der Waals surface area contributed by atoms with Crippen LogP contribution < -0.4 is 10.1 Å². The van der Waals surface area contributed by atoms with Crippen molar-refractivity contribution < 1.29 is 14.6 Å². The van der Waals surface area contributed by atoms with E-state index < -0.39 is 5.97 Å². The first-order chi connectivity index (χ1) is 12.3. The second kappa shape index (κ2) is 9.06. The van der Waals surface area contributed by atoms with E-state index in [2.05, 4.69) is 12.2 Å². The molecule has 0 bridgehead atoms. The third-order valence-electron chi connectivity index (χ3n) is 4.29. The van der Waals surface area contributed by atoms with Crippen LogP contribution in [0.4, 0.5) is 0 Å². The van der Waals surface area contributed by atoms with E-state index in [0.29, 0.717) is 11.6 Å². The lowest BCUT2D eigenvalue weighted by atomic mass is 9.87. The van der Waals surface area contributed by atoms with Crippen molar-refractivity contribution in [1.29, 1.82) is 0 Å². The summed E-state index contributed by atoms with van der Waals surface area (Å²) in [5.41, 5.74) is 1.83. The monoisotopic (exact) mass is 375 g/mol. The smallest absolute Gasteiger partial charge is 0.317 e. The Bertz CT molecular complexity index is 731. The van der Waals surface area contributed by atoms with Crippen LogP contribution in [0.1, 0.15) is 44.2 Å². The quantitative estimate of drug-likeness (QED) is 0.656. The molecule has 0 aromatic heterocycles. The Morgan fingerprint density at radius 1 is 1.23 bits per heavy atom. The number of halogens is 1. The summed E-state index contributed by atoms with van der Waals surface area (Å²) in [5, 5.41) is 12.6. The second-order valence-corrected chi connectivity index (χ2v) is 7.60. The Kier molecular flexibility index (Phi) is 7.06. The lowest BCUT2D eigenvalue weighted by Gasteiger charge is -2.29. The number of carbonyl (C=O) groups is 1. The van der Waals surface area contributed by atoms with Gasteiger partial charge in [-0.1, -0.05) is 54.9 Å². The van der Waals surface area contributed by atoms with Crippen molar-refractivity contribution in [2.24, 2.45) is 0 Å². The molecule has 0 spiro atoms. The summed E-state index contributed by atoms with van der Waals surface area (Å²) in [6.45, 7) is 6.53. The summed E-state index contributed by atoms with van der Waals surface area (Å²) >= 11 is 6.47. The van der Waals surface area contributed by atoms with Crippen LogP contribution >= 0.6 is 11.6 Å². The highest BCUT2D eigenvalue weighted by molar-refractivity contribution is 6.31. The molecular weight excluding hydrogens is 350 g/mol. The first kappa shape index (κ1) is 20.3. The molecule has 5 heteroatoms. The molecule has 0 saturated carbocycles. The summed E-state index contributed by atoms with van der Waals surface area (Å²) in [5.74, 6) is 0.0590. The maximum atomic E-state index is 10.8. The molecule has 1 atom stereocenters. The van der Waals surface area contributed by atoms with Crippen molar-refractivity contribution in [2.45, 2.75) is 45.3 Å². The Morgan fingerprint density at radius 2 is 1.92 bits per heavy atom. The van der Waals surface area contributed by atoms with E-state index in [0.717, 1.165) is 23.3 Å². The highest BCUT2D eigenvalue weighted by Gasteiger charge is 2.23. The number of carboxylic acid groups (broad SMARTS) is 1. The van der Waals surface area contributed by atoms with Gasteiger partial charge in [0.2, 0.25) is 0 Å². The minimum absolute atomic E-state index is 0.0558. The van der Waals surface area contributed by atoms with Crippen LogP contribution in [-0.4, -0.2) is 23.2 Å². The summed E-state index contributed by atoms with van der Waals surface area (Å²) in [7, 11) is 0. The summed E-state index contributed by atoms with van der Waals surface area (Å²) in [6, 6.07) is 15.7. The normalized spacial score (nSPS) is 12.6. The van der Waals surface area contributed by atoms with Crippen molar-refractivity contribution in [3.05, 3.63) is 64.7 Å². The number of hydrogen-bond donors (Lipinski definition) is 2. The SMILES string of the molecule is CC(CC(C)(C)NCC(=O)O)c1ccc(OCc2ccccc2)cc1Cl. The van der Waals surface area contributed by atoms with E-state index >= 15 is 0 Å². The van der Waals surface area contributed by atoms with Crippen LogP contribution in [0.2, 0.25) is 5.02 Å². The standard InChI is InChI=1S/C21H26ClNO3/c1-15(12-21(2,3)23-13-20(24)25)18-10-9-17(11-19(18)22)26-14-16-7-5-4-6-8-16/h4-11,15,23H,12-14H2,1-3H3,(H,24,25). The number of hydrogen-bond acceptors (Lipinski definition) is 3. The zero-order valence-electron chi connectivity index (χ0n) is 15.5. The highest BCUT2D eigenvalue weighted by atomic mass is 35.5. The molecule has 0 radical (unpaired) electrons. The molecule has 0 saturated heterocycles. The fourth-order valence-corrected chi connectivity index (χ4v) is 3.36. The van der Waals surface area contributed by atoms with Gasteiger partial charge in [-0.2, -0.15) is 0 Å². The molecule has 26 heavy (non-hydrogen) atoms. The third kappa shape index (κ3) is 6.36. The number of benzene rings is 2. The molecule has 0 aliphatic rings. The van der Waals surface area contributed by atoms with E-state index in [1.165, 1.54) is 0 Å². The maximum Gasteiger partial charge on any atom is 0.317 e. The van der Waals surface area contributed by atoms with E-state index in [4.69, 9.17) is 21.4 Å². The van der Waals surface area contributed by atoms with Gasteiger partial charge in [0.05, 0.1) is 6.54 Å². The molecule has 2 aromatic rings. The fourth-order valence-electron chi connectivity index (χ4n) is 3.00. The first-order valence-corrected chi connectivity index (χ1v) is 9.07. The van der Waals surface area contributed by atoms with Gasteiger partial charge >= 0.3 is 5.97 Å². The highest BCUT2D eigenvalue weighted by Crippen LogP contribution is 2.33. The van der Waals surface area contributed by atoms with Gasteiger partial charge in [0.25, 0.3) is 0 Å². The minimum atomic E-state index is -0.858. The van der Waals surface area contributed by atoms with Crippen molar-refractivity contribution in [1.82, 2.24) is 5.32 Å². The lowest BCUT2D eigenvalue weighted by Crippen LogP contribution is -2.43. The number of ether oxygens (including phenoxy) is 1. The molecular formula is C21H26ClNO3. The first-order valence-electron chi connectivity index (χ1n) is 8.70. The minimum Gasteiger partial charge on any atom is -0.489 e. The molecule has 2 N–H and O–H groups in total. The van der Waals surface area contributed by atoms with Gasteiger partial charge in [-0.05, 0) is 49.4 Å². The van der Waals surface area contributed by atoms with E-state index in [1.807, 2.05) is 62.4 Å².